The van der Waals surface area contributed by atoms with Crippen LogP contribution in [0.1, 0.15) is 0 Å². The summed E-state index contributed by atoms with van der Waals surface area (Å²) >= 11 is 6.02. The molecule has 4 rings (SSSR count). The topological polar surface area (TPSA) is 0 Å². The Morgan fingerprint density at radius 3 is 2.04 bits per heavy atom. The summed E-state index contributed by atoms with van der Waals surface area (Å²) < 4.78 is 0. The Morgan fingerprint density at radius 2 is 1.26 bits per heavy atom. The van der Waals surface area contributed by atoms with Crippen LogP contribution in [0.3, 0.4) is 0 Å². The van der Waals surface area contributed by atoms with E-state index >= 15 is 0 Å². The van der Waals surface area contributed by atoms with Crippen molar-refractivity contribution in [3.63, 3.8) is 0 Å². The number of halogens is 1. The fraction of sp³-hybridized carbons (Fsp3) is 0. The molecular formula is C22H15Cl. The van der Waals surface area contributed by atoms with Gasteiger partial charge in [-0.3, -0.25) is 0 Å². The molecule has 4 aromatic carbocycles. The maximum absolute atomic E-state index is 6.02. The van der Waals surface area contributed by atoms with E-state index in [2.05, 4.69) is 72.8 Å². The Hall–Kier alpha value is -2.57. The molecule has 0 aliphatic heterocycles. The maximum atomic E-state index is 6.02. The van der Waals surface area contributed by atoms with Crippen LogP contribution in [0.2, 0.25) is 5.02 Å². The van der Waals surface area contributed by atoms with E-state index in [0.717, 1.165) is 5.02 Å². The van der Waals surface area contributed by atoms with Crippen molar-refractivity contribution in [2.75, 3.05) is 0 Å². The first-order chi connectivity index (χ1) is 11.3. The first-order valence-corrected chi connectivity index (χ1v) is 8.03. The molecule has 0 amide bonds. The predicted octanol–water partition coefficient (Wildman–Crippen LogP) is 6.83. The minimum Gasteiger partial charge on any atom is -0.0843 e. The molecule has 0 spiro atoms. The Morgan fingerprint density at radius 1 is 0.522 bits per heavy atom. The molecule has 0 nitrogen and oxygen atoms in total. The van der Waals surface area contributed by atoms with E-state index in [9.17, 15) is 0 Å². The normalized spacial score (nSPS) is 10.8. The number of fused-ring (bicyclic) bond motifs is 1. The van der Waals surface area contributed by atoms with E-state index in [1.165, 1.54) is 33.0 Å². The summed E-state index contributed by atoms with van der Waals surface area (Å²) in [5, 5.41) is 3.27. The van der Waals surface area contributed by atoms with E-state index in [-0.39, 0.29) is 0 Å². The largest absolute Gasteiger partial charge is 0.0843 e. The molecule has 23 heavy (non-hydrogen) atoms. The fourth-order valence-electron chi connectivity index (χ4n) is 2.96. The summed E-state index contributed by atoms with van der Waals surface area (Å²) in [5.74, 6) is 0. The number of hydrogen-bond donors (Lipinski definition) is 0. The van der Waals surface area contributed by atoms with Gasteiger partial charge in [-0.1, -0.05) is 84.4 Å². The molecule has 0 heterocycles. The van der Waals surface area contributed by atoms with E-state index < -0.39 is 0 Å². The van der Waals surface area contributed by atoms with Crippen molar-refractivity contribution < 1.29 is 0 Å². The van der Waals surface area contributed by atoms with Crippen LogP contribution in [-0.4, -0.2) is 0 Å². The van der Waals surface area contributed by atoms with Gasteiger partial charge < -0.3 is 0 Å². The van der Waals surface area contributed by atoms with Crippen LogP contribution in [0.15, 0.2) is 91.0 Å². The summed E-state index contributed by atoms with van der Waals surface area (Å²) in [6.45, 7) is 0. The van der Waals surface area contributed by atoms with Crippen molar-refractivity contribution >= 4 is 22.4 Å². The zero-order valence-electron chi connectivity index (χ0n) is 12.5. The van der Waals surface area contributed by atoms with Gasteiger partial charge in [-0.15, -0.1) is 0 Å². The molecule has 4 aromatic rings. The molecule has 0 aromatic heterocycles. The zero-order valence-corrected chi connectivity index (χ0v) is 13.3. The number of benzene rings is 4. The van der Waals surface area contributed by atoms with Gasteiger partial charge in [0.15, 0.2) is 0 Å². The van der Waals surface area contributed by atoms with Gasteiger partial charge in [0.2, 0.25) is 0 Å². The van der Waals surface area contributed by atoms with Crippen molar-refractivity contribution in [1.29, 1.82) is 0 Å². The molecule has 0 saturated carbocycles. The Bertz CT molecular complexity index is 954. The summed E-state index contributed by atoms with van der Waals surface area (Å²) in [7, 11) is 0. The van der Waals surface area contributed by atoms with Gasteiger partial charge in [0.25, 0.3) is 0 Å². The molecule has 110 valence electrons. The second-order valence-corrected chi connectivity index (χ2v) is 6.05. The average molecular weight is 315 g/mol. The van der Waals surface area contributed by atoms with E-state index in [4.69, 9.17) is 11.6 Å². The SMILES string of the molecule is Clc1ccc(-c2cccc3ccc(-c4ccccc4)cc23)cc1. The fourth-order valence-corrected chi connectivity index (χ4v) is 3.09. The molecule has 0 radical (unpaired) electrons. The van der Waals surface area contributed by atoms with Gasteiger partial charge in [-0.25, -0.2) is 0 Å². The number of hydrogen-bond acceptors (Lipinski definition) is 0. The first kappa shape index (κ1) is 14.0. The summed E-state index contributed by atoms with van der Waals surface area (Å²) in [5.41, 5.74) is 4.89. The minimum absolute atomic E-state index is 0.763. The second-order valence-electron chi connectivity index (χ2n) is 5.61. The molecule has 0 aliphatic carbocycles. The first-order valence-electron chi connectivity index (χ1n) is 7.65. The van der Waals surface area contributed by atoms with Crippen molar-refractivity contribution in [3.8, 4) is 22.3 Å². The van der Waals surface area contributed by atoms with Crippen molar-refractivity contribution in [2.45, 2.75) is 0 Å². The van der Waals surface area contributed by atoms with Gasteiger partial charge in [-0.05, 0) is 51.2 Å². The Balaban J connectivity index is 1.93. The molecule has 0 saturated heterocycles. The molecule has 0 atom stereocenters. The monoisotopic (exact) mass is 314 g/mol. The molecule has 1 heteroatoms. The van der Waals surface area contributed by atoms with Crippen LogP contribution in [0.25, 0.3) is 33.0 Å². The van der Waals surface area contributed by atoms with E-state index in [0.29, 0.717) is 0 Å². The van der Waals surface area contributed by atoms with Gasteiger partial charge in [-0.2, -0.15) is 0 Å². The summed E-state index contributed by atoms with van der Waals surface area (Å²) in [6.07, 6.45) is 0. The van der Waals surface area contributed by atoms with Gasteiger partial charge >= 0.3 is 0 Å². The van der Waals surface area contributed by atoms with E-state index in [1.807, 2.05) is 18.2 Å². The van der Waals surface area contributed by atoms with Gasteiger partial charge in [0.05, 0.1) is 0 Å². The molecule has 0 N–H and O–H groups in total. The third-order valence-corrected chi connectivity index (χ3v) is 4.40. The minimum atomic E-state index is 0.763. The lowest BCUT2D eigenvalue weighted by Gasteiger charge is -2.10. The highest BCUT2D eigenvalue weighted by Gasteiger charge is 2.06. The highest BCUT2D eigenvalue weighted by Crippen LogP contribution is 2.32. The predicted molar refractivity (Wildman–Crippen MR) is 99.8 cm³/mol. The zero-order chi connectivity index (χ0) is 15.6. The van der Waals surface area contributed by atoms with Gasteiger partial charge in [0.1, 0.15) is 0 Å². The van der Waals surface area contributed by atoms with Crippen molar-refractivity contribution in [3.05, 3.63) is 96.0 Å². The third-order valence-electron chi connectivity index (χ3n) is 4.14. The van der Waals surface area contributed by atoms with Gasteiger partial charge in [0, 0.05) is 5.02 Å². The molecular weight excluding hydrogens is 300 g/mol. The highest BCUT2D eigenvalue weighted by atomic mass is 35.5. The Kier molecular flexibility index (Phi) is 3.61. The second kappa shape index (κ2) is 5.91. The standard InChI is InChI=1S/C22H15Cl/c23-20-13-11-18(12-14-20)21-8-4-7-17-9-10-19(15-22(17)21)16-5-2-1-3-6-16/h1-15H. The Labute approximate surface area is 141 Å². The molecule has 0 aliphatic rings. The molecule has 0 fully saturated rings. The lowest BCUT2D eigenvalue weighted by molar-refractivity contribution is 1.62. The summed E-state index contributed by atoms with van der Waals surface area (Å²) in [4.78, 5) is 0. The third kappa shape index (κ3) is 2.74. The van der Waals surface area contributed by atoms with Crippen LogP contribution < -0.4 is 0 Å². The van der Waals surface area contributed by atoms with Crippen LogP contribution in [0, 0.1) is 0 Å². The van der Waals surface area contributed by atoms with Crippen LogP contribution in [-0.2, 0) is 0 Å². The molecule has 0 unspecified atom stereocenters. The summed E-state index contributed by atoms with van der Waals surface area (Å²) in [6, 6.07) is 31.6. The van der Waals surface area contributed by atoms with E-state index in [1.54, 1.807) is 0 Å². The molecule has 0 bridgehead atoms. The van der Waals surface area contributed by atoms with Crippen LogP contribution >= 0.6 is 11.6 Å². The highest BCUT2D eigenvalue weighted by molar-refractivity contribution is 6.30. The van der Waals surface area contributed by atoms with Crippen LogP contribution in [0.4, 0.5) is 0 Å². The quantitative estimate of drug-likeness (QED) is 0.380. The van der Waals surface area contributed by atoms with Crippen molar-refractivity contribution in [2.24, 2.45) is 0 Å². The number of rotatable bonds is 2. The smallest absolute Gasteiger partial charge is 0.0406 e. The average Bonchev–Trinajstić information content (AvgIpc) is 2.62. The maximum Gasteiger partial charge on any atom is 0.0406 e. The lowest BCUT2D eigenvalue weighted by Crippen LogP contribution is -1.83. The lowest BCUT2D eigenvalue weighted by atomic mass is 9.95. The van der Waals surface area contributed by atoms with Crippen molar-refractivity contribution in [1.82, 2.24) is 0 Å². The van der Waals surface area contributed by atoms with Crippen LogP contribution in [0.5, 0.6) is 0 Å².